The average Bonchev–Trinajstić information content (AvgIpc) is 2.90. The Morgan fingerprint density at radius 1 is 1.00 bits per heavy atom. The molecule has 0 bridgehead atoms. The van der Waals surface area contributed by atoms with Gasteiger partial charge in [0.05, 0.1) is 5.92 Å². The Hall–Kier alpha value is -0.900. The van der Waals surface area contributed by atoms with Crippen molar-refractivity contribution in [3.05, 3.63) is 11.7 Å². The van der Waals surface area contributed by atoms with Gasteiger partial charge in [0.15, 0.2) is 5.82 Å². The fourth-order valence-electron chi connectivity index (χ4n) is 3.00. The largest absolute Gasteiger partial charge is 0.339 e. The van der Waals surface area contributed by atoms with Crippen molar-refractivity contribution in [2.75, 3.05) is 13.1 Å². The third kappa shape index (κ3) is 2.51. The molecule has 4 nitrogen and oxygen atoms in total. The predicted molar refractivity (Wildman–Crippen MR) is 65.0 cm³/mol. The highest BCUT2D eigenvalue weighted by Gasteiger charge is 2.25. The van der Waals surface area contributed by atoms with Gasteiger partial charge in [0, 0.05) is 12.5 Å². The molecule has 0 aromatic carbocycles. The number of hydrogen-bond donors (Lipinski definition) is 1. The highest BCUT2D eigenvalue weighted by Crippen LogP contribution is 2.32. The lowest BCUT2D eigenvalue weighted by molar-refractivity contribution is 0.316. The van der Waals surface area contributed by atoms with Gasteiger partial charge in [-0.3, -0.25) is 0 Å². The number of nitrogens with one attached hydrogen (secondary N) is 1. The van der Waals surface area contributed by atoms with E-state index in [-0.39, 0.29) is 0 Å². The Labute approximate surface area is 102 Å². The van der Waals surface area contributed by atoms with Gasteiger partial charge in [-0.15, -0.1) is 0 Å². The molecule has 1 aromatic rings. The molecule has 1 saturated carbocycles. The smallest absolute Gasteiger partial charge is 0.231 e. The minimum Gasteiger partial charge on any atom is -0.339 e. The van der Waals surface area contributed by atoms with Crippen LogP contribution in [0.15, 0.2) is 4.52 Å². The first-order valence-electron chi connectivity index (χ1n) is 6.97. The molecule has 1 N–H and O–H groups in total. The lowest BCUT2D eigenvalue weighted by Crippen LogP contribution is -2.28. The molecule has 94 valence electrons. The molecule has 0 radical (unpaired) electrons. The molecule has 1 aliphatic carbocycles. The third-order valence-electron chi connectivity index (χ3n) is 4.07. The molecule has 1 atom stereocenters. The molecule has 0 spiro atoms. The highest BCUT2D eigenvalue weighted by atomic mass is 16.5. The third-order valence-corrected chi connectivity index (χ3v) is 4.07. The van der Waals surface area contributed by atoms with Crippen molar-refractivity contribution < 1.29 is 4.52 Å². The second-order valence-corrected chi connectivity index (χ2v) is 5.37. The van der Waals surface area contributed by atoms with Gasteiger partial charge in [-0.25, -0.2) is 0 Å². The van der Waals surface area contributed by atoms with Gasteiger partial charge in [0.2, 0.25) is 5.89 Å². The van der Waals surface area contributed by atoms with Crippen molar-refractivity contribution in [2.24, 2.45) is 0 Å². The molecule has 17 heavy (non-hydrogen) atoms. The van der Waals surface area contributed by atoms with Crippen molar-refractivity contribution in [2.45, 2.75) is 56.8 Å². The minimum atomic E-state index is 0.439. The summed E-state index contributed by atoms with van der Waals surface area (Å²) < 4.78 is 5.46. The van der Waals surface area contributed by atoms with E-state index < -0.39 is 0 Å². The fraction of sp³-hybridized carbons (Fsp3) is 0.846. The zero-order valence-corrected chi connectivity index (χ0v) is 10.3. The lowest BCUT2D eigenvalue weighted by atomic mass is 9.89. The SMILES string of the molecule is C1CCC(c2noc([C@H]3CCCNC3)n2)CC1. The molecule has 0 unspecified atom stereocenters. The highest BCUT2D eigenvalue weighted by molar-refractivity contribution is 5.01. The summed E-state index contributed by atoms with van der Waals surface area (Å²) in [4.78, 5) is 4.64. The summed E-state index contributed by atoms with van der Waals surface area (Å²) in [6.07, 6.45) is 8.88. The summed E-state index contributed by atoms with van der Waals surface area (Å²) in [7, 11) is 0. The maximum absolute atomic E-state index is 5.46. The van der Waals surface area contributed by atoms with Gasteiger partial charge < -0.3 is 9.84 Å². The van der Waals surface area contributed by atoms with E-state index in [1.807, 2.05) is 0 Å². The van der Waals surface area contributed by atoms with E-state index in [9.17, 15) is 0 Å². The molecule has 2 heterocycles. The van der Waals surface area contributed by atoms with Gasteiger partial charge in [-0.05, 0) is 32.2 Å². The van der Waals surface area contributed by atoms with Crippen LogP contribution in [-0.2, 0) is 0 Å². The second-order valence-electron chi connectivity index (χ2n) is 5.37. The van der Waals surface area contributed by atoms with E-state index in [0.717, 1.165) is 24.8 Å². The summed E-state index contributed by atoms with van der Waals surface area (Å²) in [6, 6.07) is 0. The Morgan fingerprint density at radius 3 is 2.59 bits per heavy atom. The molecule has 0 amide bonds. The monoisotopic (exact) mass is 235 g/mol. The summed E-state index contributed by atoms with van der Waals surface area (Å²) >= 11 is 0. The van der Waals surface area contributed by atoms with Crippen LogP contribution in [0.3, 0.4) is 0 Å². The molecule has 4 heteroatoms. The van der Waals surface area contributed by atoms with Crippen LogP contribution >= 0.6 is 0 Å². The van der Waals surface area contributed by atoms with Crippen LogP contribution in [0.2, 0.25) is 0 Å². The summed E-state index contributed by atoms with van der Waals surface area (Å²) in [5, 5.41) is 7.60. The van der Waals surface area contributed by atoms with Crippen LogP contribution in [0.1, 0.15) is 68.5 Å². The molecule has 1 aliphatic heterocycles. The predicted octanol–water partition coefficient (Wildman–Crippen LogP) is 2.58. The van der Waals surface area contributed by atoms with Crippen molar-refractivity contribution >= 4 is 0 Å². The molecule has 2 fully saturated rings. The van der Waals surface area contributed by atoms with E-state index in [2.05, 4.69) is 15.5 Å². The number of hydrogen-bond acceptors (Lipinski definition) is 4. The van der Waals surface area contributed by atoms with Crippen LogP contribution in [0.25, 0.3) is 0 Å². The zero-order valence-electron chi connectivity index (χ0n) is 10.3. The number of piperidine rings is 1. The van der Waals surface area contributed by atoms with Crippen LogP contribution in [0.4, 0.5) is 0 Å². The van der Waals surface area contributed by atoms with Crippen LogP contribution in [-0.4, -0.2) is 23.2 Å². The van der Waals surface area contributed by atoms with Crippen LogP contribution in [0.5, 0.6) is 0 Å². The first kappa shape index (κ1) is 11.2. The summed E-state index contributed by atoms with van der Waals surface area (Å²) in [6.45, 7) is 2.12. The number of aromatic nitrogens is 2. The van der Waals surface area contributed by atoms with Gasteiger partial charge in [-0.1, -0.05) is 24.4 Å². The van der Waals surface area contributed by atoms with E-state index in [1.165, 1.54) is 44.9 Å². The van der Waals surface area contributed by atoms with Gasteiger partial charge >= 0.3 is 0 Å². The van der Waals surface area contributed by atoms with E-state index >= 15 is 0 Å². The van der Waals surface area contributed by atoms with Crippen molar-refractivity contribution in [1.29, 1.82) is 0 Å². The maximum Gasteiger partial charge on any atom is 0.231 e. The quantitative estimate of drug-likeness (QED) is 0.856. The first-order chi connectivity index (χ1) is 8.43. The topological polar surface area (TPSA) is 51.0 Å². The van der Waals surface area contributed by atoms with E-state index in [0.29, 0.717) is 11.8 Å². The molecule has 3 rings (SSSR count). The van der Waals surface area contributed by atoms with Gasteiger partial charge in [0.1, 0.15) is 0 Å². The van der Waals surface area contributed by atoms with Gasteiger partial charge in [0.25, 0.3) is 0 Å². The van der Waals surface area contributed by atoms with E-state index in [4.69, 9.17) is 4.52 Å². The van der Waals surface area contributed by atoms with Gasteiger partial charge in [-0.2, -0.15) is 4.98 Å². The summed E-state index contributed by atoms with van der Waals surface area (Å²) in [5.74, 6) is 2.81. The Morgan fingerprint density at radius 2 is 1.82 bits per heavy atom. The maximum atomic E-state index is 5.46. The second kappa shape index (κ2) is 5.17. The van der Waals surface area contributed by atoms with Crippen LogP contribution < -0.4 is 5.32 Å². The number of nitrogens with zero attached hydrogens (tertiary/aromatic N) is 2. The van der Waals surface area contributed by atoms with Crippen molar-refractivity contribution in [1.82, 2.24) is 15.5 Å². The molecule has 1 saturated heterocycles. The number of rotatable bonds is 2. The lowest BCUT2D eigenvalue weighted by Gasteiger charge is -2.19. The van der Waals surface area contributed by atoms with Crippen molar-refractivity contribution in [3.8, 4) is 0 Å². The fourth-order valence-corrected chi connectivity index (χ4v) is 3.00. The first-order valence-corrected chi connectivity index (χ1v) is 6.97. The minimum absolute atomic E-state index is 0.439. The molecular formula is C13H21N3O. The molecule has 2 aliphatic rings. The average molecular weight is 235 g/mol. The Balaban J connectivity index is 1.68. The Bertz CT molecular complexity index is 319. The Kier molecular flexibility index (Phi) is 3.41. The van der Waals surface area contributed by atoms with E-state index in [1.54, 1.807) is 0 Å². The summed E-state index contributed by atoms with van der Waals surface area (Å²) in [5.41, 5.74) is 0. The molecule has 1 aromatic heterocycles. The van der Waals surface area contributed by atoms with Crippen LogP contribution in [0, 0.1) is 0 Å². The normalized spacial score (nSPS) is 27.2. The van der Waals surface area contributed by atoms with Crippen molar-refractivity contribution in [3.63, 3.8) is 0 Å². The zero-order chi connectivity index (χ0) is 11.5. The molecular weight excluding hydrogens is 214 g/mol. The standard InChI is InChI=1S/C13H21N3O/c1-2-5-10(6-3-1)12-15-13(17-16-12)11-7-4-8-14-9-11/h10-11,14H,1-9H2/t11-/m0/s1.